The number of fused-ring (bicyclic) bond motifs is 1. The number of rotatable bonds is 9. The van der Waals surface area contributed by atoms with Crippen LogP contribution in [0.3, 0.4) is 0 Å². The number of hydrogen-bond donors (Lipinski definition) is 2. The van der Waals surface area contributed by atoms with E-state index in [4.69, 9.17) is 5.26 Å². The van der Waals surface area contributed by atoms with Gasteiger partial charge in [0.25, 0.3) is 11.8 Å². The zero-order chi connectivity index (χ0) is 44.0. The van der Waals surface area contributed by atoms with Crippen LogP contribution in [0.1, 0.15) is 70.4 Å². The summed E-state index contributed by atoms with van der Waals surface area (Å²) in [5, 5.41) is 14.3. The smallest absolute Gasteiger partial charge is 0.371 e. The topological polar surface area (TPSA) is 166 Å². The number of amides is 5. The Balaban J connectivity index is 0.675. The second kappa shape index (κ2) is 17.2. The van der Waals surface area contributed by atoms with Gasteiger partial charge in [0.05, 0.1) is 40.2 Å². The number of nitrogens with one attached hydrogen (secondary N) is 2. The van der Waals surface area contributed by atoms with Gasteiger partial charge in [0.15, 0.2) is 0 Å². The van der Waals surface area contributed by atoms with Crippen molar-refractivity contribution >= 4 is 52.4 Å². The third-order valence-electron chi connectivity index (χ3n) is 13.7. The summed E-state index contributed by atoms with van der Waals surface area (Å²) in [6, 6.07) is 14.0. The minimum atomic E-state index is -4.62. The van der Waals surface area contributed by atoms with Gasteiger partial charge in [-0.15, -0.1) is 0 Å². The van der Waals surface area contributed by atoms with E-state index in [2.05, 4.69) is 35.2 Å². The molecule has 330 valence electrons. The number of nitrogens with zero attached hydrogens (tertiary/aromatic N) is 8. The molecule has 7 heterocycles. The molecule has 0 aliphatic carbocycles. The van der Waals surface area contributed by atoms with Crippen LogP contribution in [0, 0.1) is 23.2 Å². The predicted octanol–water partition coefficient (Wildman–Crippen LogP) is 3.95. The molecule has 6 aliphatic heterocycles. The van der Waals surface area contributed by atoms with Gasteiger partial charge in [-0.25, -0.2) is 4.98 Å². The van der Waals surface area contributed by atoms with Crippen molar-refractivity contribution < 1.29 is 37.1 Å². The lowest BCUT2D eigenvalue weighted by atomic mass is 9.93. The van der Waals surface area contributed by atoms with Gasteiger partial charge >= 0.3 is 6.18 Å². The average Bonchev–Trinajstić information content (AvgIpc) is 3.52. The number of anilines is 4. The summed E-state index contributed by atoms with van der Waals surface area (Å²) in [4.78, 5) is 80.6. The highest BCUT2D eigenvalue weighted by Crippen LogP contribution is 2.36. The molecule has 5 fully saturated rings. The summed E-state index contributed by atoms with van der Waals surface area (Å²) in [7, 11) is 0. The van der Waals surface area contributed by atoms with Gasteiger partial charge in [0.2, 0.25) is 17.7 Å². The Bertz CT molecular complexity index is 2320. The Morgan fingerprint density at radius 2 is 1.41 bits per heavy atom. The number of piperazine rings is 1. The Kier molecular flexibility index (Phi) is 11.6. The van der Waals surface area contributed by atoms with E-state index in [1.807, 2.05) is 23.1 Å². The number of alkyl halides is 3. The second-order valence-electron chi connectivity index (χ2n) is 17.5. The highest BCUT2D eigenvalue weighted by Gasteiger charge is 2.45. The molecule has 9 rings (SSSR count). The number of halogens is 3. The standard InChI is InChI=1S/C45H49F3N10O5/c46-45(47,48)37-22-32(2-1-30(37)23-49)54-15-11-29(12-16-54)41(60)51-39-7-4-33(24-50-39)55-13-9-28(10-14-55)25-53-26-34(27-53)57-19-17-56(18-20-57)31-3-5-35-36(21-31)44(63)58(43(35)62)38-6-8-40(59)52-42(38)61/h1-5,7,21-22,24,28-29,34,38H,6,8-20,25-27H2,(H,50,51,60)(H,52,59,61). The Morgan fingerprint density at radius 3 is 2.08 bits per heavy atom. The number of imide groups is 2. The van der Waals surface area contributed by atoms with Gasteiger partial charge in [0, 0.05) is 102 Å². The number of pyridine rings is 1. The van der Waals surface area contributed by atoms with Crippen LogP contribution in [0.2, 0.25) is 0 Å². The number of carbonyl (C=O) groups is 5. The van der Waals surface area contributed by atoms with Crippen molar-refractivity contribution in [2.45, 2.75) is 56.8 Å². The fourth-order valence-corrected chi connectivity index (χ4v) is 10.00. The average molecular weight is 867 g/mol. The minimum absolute atomic E-state index is 0.0843. The molecule has 1 aromatic heterocycles. The molecule has 18 heteroatoms. The fraction of sp³-hybridized carbons (Fsp3) is 0.489. The molecule has 5 amide bonds. The van der Waals surface area contributed by atoms with Crippen LogP contribution < -0.4 is 25.3 Å². The summed E-state index contributed by atoms with van der Waals surface area (Å²) >= 11 is 0. The zero-order valence-electron chi connectivity index (χ0n) is 34.8. The number of piperidine rings is 3. The maximum atomic E-state index is 13.5. The van der Waals surface area contributed by atoms with Crippen molar-refractivity contribution in [2.24, 2.45) is 11.8 Å². The summed E-state index contributed by atoms with van der Waals surface area (Å²) < 4.78 is 40.4. The normalized spacial score (nSPS) is 22.2. The molecular weight excluding hydrogens is 818 g/mol. The predicted molar refractivity (Wildman–Crippen MR) is 226 cm³/mol. The molecule has 0 radical (unpaired) electrons. The highest BCUT2D eigenvalue weighted by atomic mass is 19.4. The minimum Gasteiger partial charge on any atom is -0.371 e. The Hall–Kier alpha value is -6.06. The van der Waals surface area contributed by atoms with Gasteiger partial charge < -0.3 is 20.0 Å². The van der Waals surface area contributed by atoms with Gasteiger partial charge in [-0.05, 0) is 86.6 Å². The number of carbonyl (C=O) groups excluding carboxylic acids is 5. The molecule has 6 aliphatic rings. The Labute approximate surface area is 362 Å². The van der Waals surface area contributed by atoms with E-state index in [-0.39, 0.29) is 30.2 Å². The molecule has 2 aromatic carbocycles. The van der Waals surface area contributed by atoms with Crippen LogP contribution in [-0.4, -0.2) is 133 Å². The lowest BCUT2D eigenvalue weighted by Crippen LogP contribution is -2.63. The van der Waals surface area contributed by atoms with Crippen LogP contribution >= 0.6 is 0 Å². The molecule has 0 spiro atoms. The summed E-state index contributed by atoms with van der Waals surface area (Å²) in [5.74, 6) is -1.37. The van der Waals surface area contributed by atoms with Crippen LogP contribution in [0.4, 0.5) is 36.1 Å². The van der Waals surface area contributed by atoms with E-state index in [1.165, 1.54) is 12.1 Å². The quantitative estimate of drug-likeness (QED) is 0.298. The van der Waals surface area contributed by atoms with E-state index in [1.54, 1.807) is 24.4 Å². The van der Waals surface area contributed by atoms with Crippen molar-refractivity contribution in [3.05, 3.63) is 77.0 Å². The third-order valence-corrected chi connectivity index (χ3v) is 13.7. The van der Waals surface area contributed by atoms with Gasteiger partial charge in [0.1, 0.15) is 11.9 Å². The van der Waals surface area contributed by atoms with Crippen molar-refractivity contribution in [2.75, 3.05) is 92.0 Å². The van der Waals surface area contributed by atoms with Crippen LogP contribution in [0.15, 0.2) is 54.7 Å². The summed E-state index contributed by atoms with van der Waals surface area (Å²) in [5.41, 5.74) is 1.51. The second-order valence-corrected chi connectivity index (χ2v) is 17.5. The first-order chi connectivity index (χ1) is 30.3. The van der Waals surface area contributed by atoms with Gasteiger partial charge in [-0.2, -0.15) is 18.4 Å². The number of benzene rings is 2. The highest BCUT2D eigenvalue weighted by molar-refractivity contribution is 6.23. The number of aromatic nitrogens is 1. The van der Waals surface area contributed by atoms with Crippen LogP contribution in [-0.2, 0) is 20.6 Å². The number of nitriles is 1. The molecule has 2 N–H and O–H groups in total. The Morgan fingerprint density at radius 1 is 0.778 bits per heavy atom. The number of hydrogen-bond acceptors (Lipinski definition) is 12. The van der Waals surface area contributed by atoms with E-state index < -0.39 is 47.0 Å². The molecule has 0 bridgehead atoms. The molecule has 5 saturated heterocycles. The van der Waals surface area contributed by atoms with E-state index in [0.29, 0.717) is 55.0 Å². The molecular formula is C45H49F3N10O5. The first-order valence-corrected chi connectivity index (χ1v) is 21.8. The third kappa shape index (κ3) is 8.68. The monoisotopic (exact) mass is 866 g/mol. The SMILES string of the molecule is N#Cc1ccc(N2CCC(C(=O)Nc3ccc(N4CCC(CN5CC(N6CCN(c7ccc8c(c7)C(=O)N(C7CCC(=O)NC7=O)C8=O)CC6)C5)CC4)cn3)CC2)cc1C(F)(F)F. The molecule has 63 heavy (non-hydrogen) atoms. The molecule has 15 nitrogen and oxygen atoms in total. The lowest BCUT2D eigenvalue weighted by Gasteiger charge is -2.49. The van der Waals surface area contributed by atoms with E-state index >= 15 is 0 Å². The van der Waals surface area contributed by atoms with E-state index in [9.17, 15) is 37.1 Å². The maximum absolute atomic E-state index is 13.5. The van der Waals surface area contributed by atoms with Crippen LogP contribution in [0.25, 0.3) is 0 Å². The summed E-state index contributed by atoms with van der Waals surface area (Å²) in [6.07, 6.45) is 0.518. The molecule has 1 atom stereocenters. The van der Waals surface area contributed by atoms with Gasteiger partial charge in [-0.1, -0.05) is 0 Å². The first kappa shape index (κ1) is 42.3. The van der Waals surface area contributed by atoms with Gasteiger partial charge in [-0.3, -0.25) is 44.0 Å². The molecule has 3 aromatic rings. The van der Waals surface area contributed by atoms with E-state index in [0.717, 1.165) is 94.1 Å². The largest absolute Gasteiger partial charge is 0.417 e. The van der Waals surface area contributed by atoms with Crippen LogP contribution in [0.5, 0.6) is 0 Å². The first-order valence-electron chi connectivity index (χ1n) is 21.8. The molecule has 1 unspecified atom stereocenters. The summed E-state index contributed by atoms with van der Waals surface area (Å²) in [6.45, 7) is 9.27. The van der Waals surface area contributed by atoms with Crippen molar-refractivity contribution in [3.8, 4) is 6.07 Å². The fourth-order valence-electron chi connectivity index (χ4n) is 10.00. The number of likely N-dealkylation sites (tertiary alicyclic amines) is 1. The van der Waals surface area contributed by atoms with Crippen molar-refractivity contribution in [1.29, 1.82) is 5.26 Å². The molecule has 0 saturated carbocycles. The van der Waals surface area contributed by atoms with Crippen molar-refractivity contribution in [1.82, 2.24) is 25.0 Å². The van der Waals surface area contributed by atoms with Crippen molar-refractivity contribution in [3.63, 3.8) is 0 Å². The zero-order valence-corrected chi connectivity index (χ0v) is 34.8. The maximum Gasteiger partial charge on any atom is 0.417 e. The lowest BCUT2D eigenvalue weighted by molar-refractivity contribution is -0.138.